The van der Waals surface area contributed by atoms with Gasteiger partial charge < -0.3 is 10.2 Å². The zero-order valence-corrected chi connectivity index (χ0v) is 13.3. The van der Waals surface area contributed by atoms with E-state index in [1.54, 1.807) is 6.20 Å². The Kier molecular flexibility index (Phi) is 6.01. The van der Waals surface area contributed by atoms with Crippen molar-refractivity contribution in [1.29, 1.82) is 0 Å². The van der Waals surface area contributed by atoms with Crippen LogP contribution in [0.25, 0.3) is 0 Å². The number of anilines is 1. The number of aromatic nitrogens is 2. The standard InChI is InChI=1S/C17H24N4O/c1-3-11-20(12-4-2)17(22)19-16-9-6-5-8-15(16)14-21-13-7-10-18-21/h5-10,13H,3-4,11-12,14H2,1-2H3,(H,19,22). The van der Waals surface area contributed by atoms with Crippen molar-refractivity contribution in [2.24, 2.45) is 0 Å². The molecule has 1 N–H and O–H groups in total. The van der Waals surface area contributed by atoms with Crippen LogP contribution in [0, 0.1) is 0 Å². The molecule has 5 nitrogen and oxygen atoms in total. The predicted octanol–water partition coefficient (Wildman–Crippen LogP) is 3.59. The molecule has 2 rings (SSSR count). The summed E-state index contributed by atoms with van der Waals surface area (Å²) in [5, 5.41) is 7.26. The number of nitrogens with one attached hydrogen (secondary N) is 1. The Labute approximate surface area is 131 Å². The number of hydrogen-bond donors (Lipinski definition) is 1. The Balaban J connectivity index is 2.09. The second-order valence-electron chi connectivity index (χ2n) is 5.28. The van der Waals surface area contributed by atoms with Gasteiger partial charge in [-0.15, -0.1) is 0 Å². The average molecular weight is 300 g/mol. The second-order valence-corrected chi connectivity index (χ2v) is 5.28. The Morgan fingerprint density at radius 3 is 2.55 bits per heavy atom. The number of urea groups is 1. The van der Waals surface area contributed by atoms with Crippen molar-refractivity contribution in [3.05, 3.63) is 48.3 Å². The maximum absolute atomic E-state index is 12.4. The number of carbonyl (C=O) groups is 1. The van der Waals surface area contributed by atoms with E-state index in [4.69, 9.17) is 0 Å². The van der Waals surface area contributed by atoms with Gasteiger partial charge in [-0.2, -0.15) is 5.10 Å². The largest absolute Gasteiger partial charge is 0.325 e. The first-order valence-corrected chi connectivity index (χ1v) is 7.85. The van der Waals surface area contributed by atoms with E-state index in [2.05, 4.69) is 24.3 Å². The van der Waals surface area contributed by atoms with E-state index in [-0.39, 0.29) is 6.03 Å². The second kappa shape index (κ2) is 8.22. The quantitative estimate of drug-likeness (QED) is 0.849. The summed E-state index contributed by atoms with van der Waals surface area (Å²) < 4.78 is 1.85. The van der Waals surface area contributed by atoms with Crippen LogP contribution in [0.2, 0.25) is 0 Å². The summed E-state index contributed by atoms with van der Waals surface area (Å²) >= 11 is 0. The minimum Gasteiger partial charge on any atom is -0.325 e. The molecule has 1 aromatic heterocycles. The first-order chi connectivity index (χ1) is 10.7. The molecule has 1 aromatic carbocycles. The molecule has 0 spiro atoms. The van der Waals surface area contributed by atoms with Gasteiger partial charge in [0.25, 0.3) is 0 Å². The van der Waals surface area contributed by atoms with Gasteiger partial charge in [0.1, 0.15) is 0 Å². The average Bonchev–Trinajstić information content (AvgIpc) is 3.02. The fourth-order valence-electron chi connectivity index (χ4n) is 2.40. The van der Waals surface area contributed by atoms with Crippen LogP contribution in [0.5, 0.6) is 0 Å². The smallest absolute Gasteiger partial charge is 0.321 e. The summed E-state index contributed by atoms with van der Waals surface area (Å²) in [6.45, 7) is 6.37. The molecule has 0 bridgehead atoms. The van der Waals surface area contributed by atoms with E-state index >= 15 is 0 Å². The van der Waals surface area contributed by atoms with Crippen LogP contribution in [-0.4, -0.2) is 33.8 Å². The molecule has 0 saturated heterocycles. The fraction of sp³-hybridized carbons (Fsp3) is 0.412. The highest BCUT2D eigenvalue weighted by molar-refractivity contribution is 5.90. The lowest BCUT2D eigenvalue weighted by molar-refractivity contribution is 0.211. The SMILES string of the molecule is CCCN(CCC)C(=O)Nc1ccccc1Cn1cccn1. The van der Waals surface area contributed by atoms with Crippen LogP contribution in [0.3, 0.4) is 0 Å². The third kappa shape index (κ3) is 4.35. The van der Waals surface area contributed by atoms with E-state index in [1.165, 1.54) is 0 Å². The van der Waals surface area contributed by atoms with Gasteiger partial charge in [0.2, 0.25) is 0 Å². The molecule has 0 radical (unpaired) electrons. The monoisotopic (exact) mass is 300 g/mol. The summed E-state index contributed by atoms with van der Waals surface area (Å²) in [6.07, 6.45) is 5.59. The first-order valence-electron chi connectivity index (χ1n) is 7.85. The van der Waals surface area contributed by atoms with Gasteiger partial charge in [0.05, 0.1) is 6.54 Å². The molecule has 118 valence electrons. The summed E-state index contributed by atoms with van der Waals surface area (Å²) in [5.41, 5.74) is 1.90. The summed E-state index contributed by atoms with van der Waals surface area (Å²) in [6, 6.07) is 9.73. The number of hydrogen-bond acceptors (Lipinski definition) is 2. The number of nitrogens with zero attached hydrogens (tertiary/aromatic N) is 3. The minimum absolute atomic E-state index is 0.0309. The number of rotatable bonds is 7. The lowest BCUT2D eigenvalue weighted by atomic mass is 10.2. The number of benzene rings is 1. The van der Waals surface area contributed by atoms with Crippen molar-refractivity contribution in [2.75, 3.05) is 18.4 Å². The molecule has 5 heteroatoms. The summed E-state index contributed by atoms with van der Waals surface area (Å²) in [4.78, 5) is 14.3. The highest BCUT2D eigenvalue weighted by atomic mass is 16.2. The number of amides is 2. The Morgan fingerprint density at radius 2 is 1.91 bits per heavy atom. The van der Waals surface area contributed by atoms with E-state index in [0.717, 1.165) is 37.2 Å². The van der Waals surface area contributed by atoms with E-state index < -0.39 is 0 Å². The number of para-hydroxylation sites is 1. The Morgan fingerprint density at radius 1 is 1.18 bits per heavy atom. The topological polar surface area (TPSA) is 50.2 Å². The molecule has 0 aliphatic carbocycles. The van der Waals surface area contributed by atoms with Crippen LogP contribution in [0.15, 0.2) is 42.7 Å². The van der Waals surface area contributed by atoms with Crippen LogP contribution in [-0.2, 0) is 6.54 Å². The van der Waals surface area contributed by atoms with E-state index in [1.807, 2.05) is 46.1 Å². The normalized spacial score (nSPS) is 10.5. The Hall–Kier alpha value is -2.30. The Bertz CT molecular complexity index is 574. The van der Waals surface area contributed by atoms with Gasteiger partial charge in [-0.05, 0) is 30.5 Å². The van der Waals surface area contributed by atoms with Gasteiger partial charge in [-0.3, -0.25) is 4.68 Å². The molecule has 0 aliphatic heterocycles. The van der Waals surface area contributed by atoms with Crippen LogP contribution >= 0.6 is 0 Å². The highest BCUT2D eigenvalue weighted by Crippen LogP contribution is 2.17. The van der Waals surface area contributed by atoms with E-state index in [9.17, 15) is 4.79 Å². The first kappa shape index (κ1) is 16.1. The molecule has 0 unspecified atom stereocenters. The molecule has 0 fully saturated rings. The molecule has 22 heavy (non-hydrogen) atoms. The summed E-state index contributed by atoms with van der Waals surface area (Å²) in [5.74, 6) is 0. The molecular formula is C17H24N4O. The van der Waals surface area contributed by atoms with Gasteiger partial charge in [0.15, 0.2) is 0 Å². The molecule has 1 heterocycles. The summed E-state index contributed by atoms with van der Waals surface area (Å²) in [7, 11) is 0. The van der Waals surface area contributed by atoms with Crippen LogP contribution in [0.1, 0.15) is 32.3 Å². The number of carbonyl (C=O) groups excluding carboxylic acids is 1. The van der Waals surface area contributed by atoms with Crippen molar-refractivity contribution in [3.8, 4) is 0 Å². The molecule has 0 aliphatic rings. The lowest BCUT2D eigenvalue weighted by Gasteiger charge is -2.22. The third-order valence-electron chi connectivity index (χ3n) is 3.42. The van der Waals surface area contributed by atoms with Crippen LogP contribution in [0.4, 0.5) is 10.5 Å². The maximum Gasteiger partial charge on any atom is 0.321 e. The van der Waals surface area contributed by atoms with Crippen molar-refractivity contribution < 1.29 is 4.79 Å². The molecule has 2 aromatic rings. The van der Waals surface area contributed by atoms with Crippen molar-refractivity contribution in [1.82, 2.24) is 14.7 Å². The van der Waals surface area contributed by atoms with Crippen molar-refractivity contribution in [2.45, 2.75) is 33.2 Å². The lowest BCUT2D eigenvalue weighted by Crippen LogP contribution is -2.36. The molecular weight excluding hydrogens is 276 g/mol. The molecule has 2 amide bonds. The predicted molar refractivity (Wildman–Crippen MR) is 88.9 cm³/mol. The maximum atomic E-state index is 12.4. The van der Waals surface area contributed by atoms with Crippen molar-refractivity contribution in [3.63, 3.8) is 0 Å². The zero-order chi connectivity index (χ0) is 15.8. The zero-order valence-electron chi connectivity index (χ0n) is 13.3. The van der Waals surface area contributed by atoms with Crippen LogP contribution < -0.4 is 5.32 Å². The highest BCUT2D eigenvalue weighted by Gasteiger charge is 2.13. The van der Waals surface area contributed by atoms with Gasteiger partial charge in [-0.1, -0.05) is 32.0 Å². The van der Waals surface area contributed by atoms with Gasteiger partial charge in [0, 0.05) is 31.2 Å². The minimum atomic E-state index is -0.0309. The molecule has 0 saturated carbocycles. The van der Waals surface area contributed by atoms with Gasteiger partial charge >= 0.3 is 6.03 Å². The van der Waals surface area contributed by atoms with Gasteiger partial charge in [-0.25, -0.2) is 4.79 Å². The van der Waals surface area contributed by atoms with Crippen molar-refractivity contribution >= 4 is 11.7 Å². The molecule has 0 atom stereocenters. The third-order valence-corrected chi connectivity index (χ3v) is 3.42. The van der Waals surface area contributed by atoms with E-state index in [0.29, 0.717) is 6.54 Å². The fourth-order valence-corrected chi connectivity index (χ4v) is 2.40.